The minimum atomic E-state index is -0.376. The molecule has 0 radical (unpaired) electrons. The van der Waals surface area contributed by atoms with Crippen LogP contribution < -0.4 is 0 Å². The van der Waals surface area contributed by atoms with Crippen molar-refractivity contribution < 1.29 is 14.3 Å². The summed E-state index contributed by atoms with van der Waals surface area (Å²) < 4.78 is 10.2. The minimum Gasteiger partial charge on any atom is -0.359 e. The summed E-state index contributed by atoms with van der Waals surface area (Å²) in [6, 6.07) is 0. The van der Waals surface area contributed by atoms with Crippen molar-refractivity contribution >= 4 is 40.5 Å². The lowest BCUT2D eigenvalue weighted by Gasteiger charge is -2.25. The molecule has 82 valence electrons. The summed E-state index contributed by atoms with van der Waals surface area (Å²) in [6.07, 6.45) is 0.887. The molecule has 0 bridgehead atoms. The van der Waals surface area contributed by atoms with Crippen LogP contribution in [-0.2, 0) is 14.3 Å². The van der Waals surface area contributed by atoms with E-state index in [9.17, 15) is 4.79 Å². The van der Waals surface area contributed by atoms with E-state index in [0.29, 0.717) is 21.7 Å². The lowest BCUT2D eigenvalue weighted by molar-refractivity contribution is -0.105. The molecular formula is C10H12O3S2. The average molecular weight is 244 g/mol. The molecule has 1 aliphatic rings. The van der Waals surface area contributed by atoms with E-state index in [-0.39, 0.29) is 12.9 Å². The van der Waals surface area contributed by atoms with Gasteiger partial charge in [-0.1, -0.05) is 24.4 Å². The summed E-state index contributed by atoms with van der Waals surface area (Å²) in [5, 5.41) is 0. The number of rotatable bonds is 4. The fraction of sp³-hybridized carbons (Fsp3) is 0.500. The largest absolute Gasteiger partial charge is 0.359 e. The smallest absolute Gasteiger partial charge is 0.147 e. The van der Waals surface area contributed by atoms with Crippen LogP contribution in [0.25, 0.3) is 0 Å². The highest BCUT2D eigenvalue weighted by atomic mass is 32.1. The van der Waals surface area contributed by atoms with Crippen molar-refractivity contribution in [2.75, 3.05) is 13.9 Å². The number of carbonyl (C=O) groups is 1. The molecular weight excluding hydrogens is 232 g/mol. The van der Waals surface area contributed by atoms with Crippen LogP contribution in [0.2, 0.25) is 0 Å². The summed E-state index contributed by atoms with van der Waals surface area (Å²) >= 11 is 10.4. The number of hydrogen-bond acceptors (Lipinski definition) is 5. The third-order valence-electron chi connectivity index (χ3n) is 2.24. The van der Waals surface area contributed by atoms with E-state index in [2.05, 4.69) is 0 Å². The Kier molecular flexibility index (Phi) is 4.66. The molecule has 0 N–H and O–H groups in total. The second-order valence-corrected chi connectivity index (χ2v) is 4.19. The van der Waals surface area contributed by atoms with Gasteiger partial charge in [-0.15, -0.1) is 0 Å². The van der Waals surface area contributed by atoms with E-state index in [1.165, 1.54) is 7.11 Å². The number of carbonyl (C=O) groups excluding carboxylic acids is 1. The average Bonchev–Trinajstić information content (AvgIpc) is 2.23. The SMILES string of the molecule is COCOC1C(=S)CC(C=O)=C(C)C1=S. The van der Waals surface area contributed by atoms with Gasteiger partial charge < -0.3 is 9.47 Å². The Balaban J connectivity index is 2.87. The minimum absolute atomic E-state index is 0.147. The first-order chi connectivity index (χ1) is 7.11. The number of thiocarbonyl (C=S) groups is 2. The van der Waals surface area contributed by atoms with Crippen molar-refractivity contribution in [3.8, 4) is 0 Å². The molecule has 0 aromatic carbocycles. The van der Waals surface area contributed by atoms with Crippen molar-refractivity contribution in [3.05, 3.63) is 11.1 Å². The molecule has 0 aromatic heterocycles. The van der Waals surface area contributed by atoms with Crippen molar-refractivity contribution in [2.24, 2.45) is 0 Å². The summed E-state index contributed by atoms with van der Waals surface area (Å²) in [5.74, 6) is 0. The van der Waals surface area contributed by atoms with Crippen molar-refractivity contribution in [2.45, 2.75) is 19.4 Å². The number of methoxy groups -OCH3 is 1. The van der Waals surface area contributed by atoms with Crippen LogP contribution in [0.5, 0.6) is 0 Å². The van der Waals surface area contributed by atoms with Crippen LogP contribution >= 0.6 is 24.4 Å². The van der Waals surface area contributed by atoms with Gasteiger partial charge in [0.05, 0.1) is 4.86 Å². The lowest BCUT2D eigenvalue weighted by atomic mass is 9.91. The van der Waals surface area contributed by atoms with Crippen LogP contribution in [0.4, 0.5) is 0 Å². The number of hydrogen-bond donors (Lipinski definition) is 0. The second kappa shape index (κ2) is 5.55. The Bertz CT molecular complexity index is 334. The summed E-state index contributed by atoms with van der Waals surface area (Å²) in [7, 11) is 1.54. The molecule has 15 heavy (non-hydrogen) atoms. The van der Waals surface area contributed by atoms with E-state index in [1.54, 1.807) is 0 Å². The van der Waals surface area contributed by atoms with Gasteiger partial charge in [0.1, 0.15) is 19.2 Å². The predicted molar refractivity (Wildman–Crippen MR) is 65.3 cm³/mol. The maximum atomic E-state index is 10.7. The van der Waals surface area contributed by atoms with E-state index in [4.69, 9.17) is 33.9 Å². The third-order valence-corrected chi connectivity index (χ3v) is 3.12. The number of aldehydes is 1. The van der Waals surface area contributed by atoms with E-state index < -0.39 is 0 Å². The van der Waals surface area contributed by atoms with E-state index in [1.807, 2.05) is 6.92 Å². The van der Waals surface area contributed by atoms with Crippen LogP contribution in [0, 0.1) is 0 Å². The summed E-state index contributed by atoms with van der Waals surface area (Å²) in [6.45, 7) is 1.96. The molecule has 0 fully saturated rings. The molecule has 5 heteroatoms. The van der Waals surface area contributed by atoms with Crippen molar-refractivity contribution in [1.29, 1.82) is 0 Å². The Morgan fingerprint density at radius 2 is 2.20 bits per heavy atom. The monoisotopic (exact) mass is 244 g/mol. The molecule has 0 aliphatic heterocycles. The van der Waals surface area contributed by atoms with Gasteiger partial charge in [-0.05, 0) is 12.5 Å². The van der Waals surface area contributed by atoms with Gasteiger partial charge >= 0.3 is 0 Å². The first-order valence-electron chi connectivity index (χ1n) is 4.44. The maximum Gasteiger partial charge on any atom is 0.147 e. The van der Waals surface area contributed by atoms with Crippen LogP contribution in [0.15, 0.2) is 11.1 Å². The van der Waals surface area contributed by atoms with Crippen LogP contribution in [0.1, 0.15) is 13.3 Å². The molecule has 1 aliphatic carbocycles. The normalized spacial score (nSPS) is 22.1. The Hall–Kier alpha value is -0.490. The van der Waals surface area contributed by atoms with Crippen molar-refractivity contribution in [3.63, 3.8) is 0 Å². The lowest BCUT2D eigenvalue weighted by Crippen LogP contribution is -2.36. The highest BCUT2D eigenvalue weighted by Gasteiger charge is 2.28. The molecule has 1 unspecified atom stereocenters. The molecule has 0 saturated carbocycles. The fourth-order valence-electron chi connectivity index (χ4n) is 1.35. The van der Waals surface area contributed by atoms with E-state index in [0.717, 1.165) is 11.9 Å². The molecule has 1 rings (SSSR count). The zero-order valence-electron chi connectivity index (χ0n) is 8.61. The highest BCUT2D eigenvalue weighted by molar-refractivity contribution is 7.82. The standard InChI is InChI=1S/C10H12O3S2/c1-6-7(4-11)3-8(14)9(10(6)15)13-5-12-2/h4,9H,3,5H2,1-2H3. The molecule has 0 heterocycles. The van der Waals surface area contributed by atoms with E-state index >= 15 is 0 Å². The van der Waals surface area contributed by atoms with Crippen molar-refractivity contribution in [1.82, 2.24) is 0 Å². The molecule has 0 aromatic rings. The van der Waals surface area contributed by atoms with Crippen LogP contribution in [0.3, 0.4) is 0 Å². The molecule has 0 spiro atoms. The number of allylic oxidation sites excluding steroid dienone is 1. The second-order valence-electron chi connectivity index (χ2n) is 3.23. The molecule has 0 amide bonds. The highest BCUT2D eigenvalue weighted by Crippen LogP contribution is 2.22. The van der Waals surface area contributed by atoms with Gasteiger partial charge in [0.15, 0.2) is 0 Å². The molecule has 1 atom stereocenters. The zero-order valence-corrected chi connectivity index (χ0v) is 10.2. The van der Waals surface area contributed by atoms with Crippen LogP contribution in [-0.4, -0.2) is 36.0 Å². The van der Waals surface area contributed by atoms with Gasteiger partial charge in [0.25, 0.3) is 0 Å². The van der Waals surface area contributed by atoms with Gasteiger partial charge in [0.2, 0.25) is 0 Å². The Labute approximate surface area is 99.4 Å². The topological polar surface area (TPSA) is 35.5 Å². The molecule has 3 nitrogen and oxygen atoms in total. The summed E-state index contributed by atoms with van der Waals surface area (Å²) in [5.41, 5.74) is 1.46. The first-order valence-corrected chi connectivity index (χ1v) is 5.25. The first kappa shape index (κ1) is 12.6. The maximum absolute atomic E-state index is 10.7. The van der Waals surface area contributed by atoms with Gasteiger partial charge in [0, 0.05) is 24.0 Å². The Morgan fingerprint density at radius 3 is 2.73 bits per heavy atom. The summed E-state index contributed by atoms with van der Waals surface area (Å²) in [4.78, 5) is 12.0. The quantitative estimate of drug-likeness (QED) is 0.427. The number of ether oxygens (including phenoxy) is 2. The Morgan fingerprint density at radius 1 is 1.53 bits per heavy atom. The van der Waals surface area contributed by atoms with Gasteiger partial charge in [-0.2, -0.15) is 0 Å². The van der Waals surface area contributed by atoms with Gasteiger partial charge in [-0.3, -0.25) is 4.79 Å². The fourth-order valence-corrected chi connectivity index (χ4v) is 2.11. The van der Waals surface area contributed by atoms with Gasteiger partial charge in [-0.25, -0.2) is 0 Å². The molecule has 0 saturated heterocycles. The zero-order chi connectivity index (χ0) is 11.4. The third kappa shape index (κ3) is 2.75. The predicted octanol–water partition coefficient (Wildman–Crippen LogP) is 1.63.